The molecule has 0 N–H and O–H groups in total. The number of ether oxygens (including phenoxy) is 1. The van der Waals surface area contributed by atoms with Crippen LogP contribution in [-0.2, 0) is 10.0 Å². The normalized spacial score (nSPS) is 20.6. The summed E-state index contributed by atoms with van der Waals surface area (Å²) < 4.78 is 31.3. The second kappa shape index (κ2) is 5.92. The second-order valence-electron chi connectivity index (χ2n) is 4.86. The summed E-state index contributed by atoms with van der Waals surface area (Å²) in [4.78, 5) is 0. The van der Waals surface area contributed by atoms with E-state index in [4.69, 9.17) is 4.74 Å². The highest BCUT2D eigenvalue weighted by molar-refractivity contribution is 7.89. The fraction of sp³-hybridized carbons (Fsp3) is 0.571. The molecule has 5 heteroatoms. The molecule has 1 aliphatic heterocycles. The monoisotopic (exact) mass is 283 g/mol. The Bertz CT molecular complexity index is 510. The molecule has 0 saturated carbocycles. The summed E-state index contributed by atoms with van der Waals surface area (Å²) in [5.41, 5.74) is 1.05. The molecule has 0 amide bonds. The molecule has 1 aliphatic rings. The Morgan fingerprint density at radius 3 is 2.58 bits per heavy atom. The first-order valence-electron chi connectivity index (χ1n) is 6.72. The van der Waals surface area contributed by atoms with Gasteiger partial charge in [0.2, 0.25) is 10.0 Å². The van der Waals surface area contributed by atoms with Crippen molar-refractivity contribution < 1.29 is 13.2 Å². The van der Waals surface area contributed by atoms with E-state index in [1.54, 1.807) is 11.4 Å². The van der Waals surface area contributed by atoms with Crippen molar-refractivity contribution in [3.05, 3.63) is 29.8 Å². The van der Waals surface area contributed by atoms with Gasteiger partial charge in [0.25, 0.3) is 0 Å². The van der Waals surface area contributed by atoms with Crippen molar-refractivity contribution in [3.63, 3.8) is 0 Å². The highest BCUT2D eigenvalue weighted by Gasteiger charge is 2.34. The smallest absolute Gasteiger partial charge is 0.214 e. The van der Waals surface area contributed by atoms with Gasteiger partial charge in [0, 0.05) is 12.6 Å². The standard InChI is InChI=1S/C14H21NO3S/c1-3-11-19(16,17)15-10-4-5-14(15)12-6-8-13(18-2)9-7-12/h6-9,14H,3-5,10-11H2,1-2H3/t14-/m0/s1. The topological polar surface area (TPSA) is 46.6 Å². The Morgan fingerprint density at radius 1 is 1.32 bits per heavy atom. The van der Waals surface area contributed by atoms with E-state index >= 15 is 0 Å². The molecule has 4 nitrogen and oxygen atoms in total. The zero-order valence-corrected chi connectivity index (χ0v) is 12.3. The molecule has 1 aromatic rings. The van der Waals surface area contributed by atoms with Gasteiger partial charge in [-0.05, 0) is 37.0 Å². The van der Waals surface area contributed by atoms with Crippen molar-refractivity contribution in [2.75, 3.05) is 19.4 Å². The summed E-state index contributed by atoms with van der Waals surface area (Å²) in [5, 5.41) is 0. The number of nitrogens with zero attached hydrogens (tertiary/aromatic N) is 1. The molecule has 1 heterocycles. The summed E-state index contributed by atoms with van der Waals surface area (Å²) >= 11 is 0. The van der Waals surface area contributed by atoms with E-state index < -0.39 is 10.0 Å². The molecular weight excluding hydrogens is 262 g/mol. The molecule has 1 fully saturated rings. The Labute approximate surface area is 115 Å². The lowest BCUT2D eigenvalue weighted by atomic mass is 10.1. The van der Waals surface area contributed by atoms with Gasteiger partial charge in [-0.1, -0.05) is 19.1 Å². The molecule has 19 heavy (non-hydrogen) atoms. The highest BCUT2D eigenvalue weighted by Crippen LogP contribution is 2.35. The van der Waals surface area contributed by atoms with Gasteiger partial charge in [-0.3, -0.25) is 0 Å². The SMILES string of the molecule is CCCS(=O)(=O)N1CCC[C@H]1c1ccc(OC)cc1. The summed E-state index contributed by atoms with van der Waals surface area (Å²) in [6.07, 6.45) is 2.49. The van der Waals surface area contributed by atoms with E-state index in [1.165, 1.54) is 0 Å². The van der Waals surface area contributed by atoms with Crippen molar-refractivity contribution in [1.29, 1.82) is 0 Å². The maximum atomic E-state index is 12.2. The van der Waals surface area contributed by atoms with Crippen LogP contribution >= 0.6 is 0 Å². The molecule has 2 rings (SSSR count). The van der Waals surface area contributed by atoms with Crippen molar-refractivity contribution in [2.24, 2.45) is 0 Å². The van der Waals surface area contributed by atoms with E-state index in [-0.39, 0.29) is 11.8 Å². The van der Waals surface area contributed by atoms with Crippen molar-refractivity contribution in [1.82, 2.24) is 4.31 Å². The van der Waals surface area contributed by atoms with Gasteiger partial charge in [-0.15, -0.1) is 0 Å². The average Bonchev–Trinajstić information content (AvgIpc) is 2.89. The maximum Gasteiger partial charge on any atom is 0.214 e. The largest absolute Gasteiger partial charge is 0.497 e. The summed E-state index contributed by atoms with van der Waals surface area (Å²) in [7, 11) is -1.49. The van der Waals surface area contributed by atoms with Crippen LogP contribution in [0.2, 0.25) is 0 Å². The van der Waals surface area contributed by atoms with Crippen molar-refractivity contribution >= 4 is 10.0 Å². The number of hydrogen-bond acceptors (Lipinski definition) is 3. The van der Waals surface area contributed by atoms with Gasteiger partial charge in [0.1, 0.15) is 5.75 Å². The van der Waals surface area contributed by atoms with Gasteiger partial charge in [-0.2, -0.15) is 4.31 Å². The molecule has 0 spiro atoms. The van der Waals surface area contributed by atoms with Gasteiger partial charge >= 0.3 is 0 Å². The molecule has 0 unspecified atom stereocenters. The van der Waals surface area contributed by atoms with E-state index in [9.17, 15) is 8.42 Å². The second-order valence-corrected chi connectivity index (χ2v) is 6.90. The van der Waals surface area contributed by atoms with Crippen LogP contribution in [0.15, 0.2) is 24.3 Å². The number of benzene rings is 1. The lowest BCUT2D eigenvalue weighted by Crippen LogP contribution is -2.32. The summed E-state index contributed by atoms with van der Waals surface area (Å²) in [5.74, 6) is 1.03. The van der Waals surface area contributed by atoms with Crippen LogP contribution in [0.5, 0.6) is 5.75 Å². The van der Waals surface area contributed by atoms with Gasteiger partial charge in [0.15, 0.2) is 0 Å². The number of sulfonamides is 1. The number of rotatable bonds is 5. The third-order valence-corrected chi connectivity index (χ3v) is 5.60. The van der Waals surface area contributed by atoms with Crippen LogP contribution in [0.4, 0.5) is 0 Å². The van der Waals surface area contributed by atoms with E-state index in [0.717, 1.165) is 24.2 Å². The summed E-state index contributed by atoms with van der Waals surface area (Å²) in [6, 6.07) is 7.69. The van der Waals surface area contributed by atoms with E-state index in [0.29, 0.717) is 13.0 Å². The predicted octanol–water partition coefficient (Wildman–Crippen LogP) is 2.57. The number of hydrogen-bond donors (Lipinski definition) is 0. The number of methoxy groups -OCH3 is 1. The van der Waals surface area contributed by atoms with Crippen LogP contribution in [-0.4, -0.2) is 32.1 Å². The van der Waals surface area contributed by atoms with Crippen LogP contribution < -0.4 is 4.74 Å². The molecule has 0 aromatic heterocycles. The molecule has 0 aliphatic carbocycles. The fourth-order valence-corrected chi connectivity index (χ4v) is 4.38. The Hall–Kier alpha value is -1.07. The minimum Gasteiger partial charge on any atom is -0.497 e. The van der Waals surface area contributed by atoms with Gasteiger partial charge in [-0.25, -0.2) is 8.42 Å². The van der Waals surface area contributed by atoms with E-state index in [1.807, 2.05) is 31.2 Å². The molecular formula is C14H21NO3S. The third kappa shape index (κ3) is 3.09. The van der Waals surface area contributed by atoms with Gasteiger partial charge < -0.3 is 4.74 Å². The lowest BCUT2D eigenvalue weighted by Gasteiger charge is -2.24. The zero-order valence-electron chi connectivity index (χ0n) is 11.5. The molecule has 0 radical (unpaired) electrons. The Kier molecular flexibility index (Phi) is 4.47. The van der Waals surface area contributed by atoms with Crippen LogP contribution in [0, 0.1) is 0 Å². The molecule has 1 aromatic carbocycles. The first-order chi connectivity index (χ1) is 9.08. The fourth-order valence-electron chi connectivity index (χ4n) is 2.61. The Morgan fingerprint density at radius 2 is 2.00 bits per heavy atom. The molecule has 1 atom stereocenters. The van der Waals surface area contributed by atoms with Crippen LogP contribution in [0.25, 0.3) is 0 Å². The molecule has 0 bridgehead atoms. The van der Waals surface area contributed by atoms with Crippen LogP contribution in [0.1, 0.15) is 37.8 Å². The van der Waals surface area contributed by atoms with Crippen LogP contribution in [0.3, 0.4) is 0 Å². The quantitative estimate of drug-likeness (QED) is 0.834. The maximum absolute atomic E-state index is 12.2. The highest BCUT2D eigenvalue weighted by atomic mass is 32.2. The lowest BCUT2D eigenvalue weighted by molar-refractivity contribution is 0.394. The first-order valence-corrected chi connectivity index (χ1v) is 8.33. The minimum absolute atomic E-state index is 0.0116. The van der Waals surface area contributed by atoms with Crippen molar-refractivity contribution in [3.8, 4) is 5.75 Å². The zero-order chi connectivity index (χ0) is 13.9. The predicted molar refractivity (Wildman–Crippen MR) is 75.8 cm³/mol. The molecule has 106 valence electrons. The minimum atomic E-state index is -3.12. The average molecular weight is 283 g/mol. The van der Waals surface area contributed by atoms with E-state index in [2.05, 4.69) is 0 Å². The molecule has 1 saturated heterocycles. The summed E-state index contributed by atoms with van der Waals surface area (Å²) in [6.45, 7) is 2.54. The van der Waals surface area contributed by atoms with Gasteiger partial charge in [0.05, 0.1) is 12.9 Å². The Balaban J connectivity index is 2.22. The third-order valence-electron chi connectivity index (χ3n) is 3.52. The first kappa shape index (κ1) is 14.3. The van der Waals surface area contributed by atoms with Crippen molar-refractivity contribution in [2.45, 2.75) is 32.2 Å².